The zero-order chi connectivity index (χ0) is 24.8. The van der Waals surface area contributed by atoms with Crippen LogP contribution in [0.25, 0.3) is 21.9 Å². The summed E-state index contributed by atoms with van der Waals surface area (Å²) in [5.74, 6) is 1.10. The normalized spacial score (nSPS) is 11.1. The number of anilines is 1. The van der Waals surface area contributed by atoms with Crippen molar-refractivity contribution in [2.75, 3.05) is 12.8 Å². The van der Waals surface area contributed by atoms with Gasteiger partial charge in [0.15, 0.2) is 5.78 Å². The van der Waals surface area contributed by atoms with Crippen LogP contribution in [0, 0.1) is 0 Å². The Morgan fingerprint density at radius 1 is 1.03 bits per heavy atom. The summed E-state index contributed by atoms with van der Waals surface area (Å²) in [7, 11) is 1.61. The van der Waals surface area contributed by atoms with Gasteiger partial charge in [-0.15, -0.1) is 0 Å². The summed E-state index contributed by atoms with van der Waals surface area (Å²) in [6.07, 6.45) is 4.54. The number of carbonyl (C=O) groups is 2. The van der Waals surface area contributed by atoms with Gasteiger partial charge in [-0.2, -0.15) is 0 Å². The van der Waals surface area contributed by atoms with E-state index in [9.17, 15) is 9.59 Å². The molecule has 4 aromatic rings. The fourth-order valence-electron chi connectivity index (χ4n) is 4.22. The number of unbranched alkanes of at least 4 members (excludes halogenated alkanes) is 2. The van der Waals surface area contributed by atoms with Gasteiger partial charge in [-0.3, -0.25) is 9.59 Å². The van der Waals surface area contributed by atoms with E-state index in [1.165, 1.54) is 0 Å². The summed E-state index contributed by atoms with van der Waals surface area (Å²) in [5, 5.41) is 4.78. The van der Waals surface area contributed by atoms with Crippen LogP contribution in [0.15, 0.2) is 48.5 Å². The maximum Gasteiger partial charge on any atom is 0.220 e. The van der Waals surface area contributed by atoms with Gasteiger partial charge < -0.3 is 20.8 Å². The van der Waals surface area contributed by atoms with E-state index < -0.39 is 0 Å². The van der Waals surface area contributed by atoms with Crippen molar-refractivity contribution in [3.8, 4) is 5.75 Å². The van der Waals surface area contributed by atoms with Gasteiger partial charge in [0.2, 0.25) is 5.91 Å². The third-order valence-electron chi connectivity index (χ3n) is 6.30. The number of rotatable bonds is 11. The minimum Gasteiger partial charge on any atom is -0.497 e. The first-order valence-corrected chi connectivity index (χ1v) is 12.1. The highest BCUT2D eigenvalue weighted by atomic mass is 16.5. The molecule has 0 bridgehead atoms. The Hall–Kier alpha value is -3.87. The first-order valence-electron chi connectivity index (χ1n) is 12.1. The molecule has 7 heteroatoms. The van der Waals surface area contributed by atoms with Crippen molar-refractivity contribution < 1.29 is 14.3 Å². The van der Waals surface area contributed by atoms with Crippen LogP contribution in [0.5, 0.6) is 5.75 Å². The van der Waals surface area contributed by atoms with Crippen LogP contribution in [0.2, 0.25) is 0 Å². The van der Waals surface area contributed by atoms with Gasteiger partial charge in [0.1, 0.15) is 17.2 Å². The minimum atomic E-state index is -0.154. The molecule has 2 heterocycles. The summed E-state index contributed by atoms with van der Waals surface area (Å²) in [6, 6.07) is 15.2. The number of aryl methyl sites for hydroxylation is 1. The maximum atomic E-state index is 12.9. The number of hydrogen-bond acceptors (Lipinski definition) is 5. The molecule has 0 unspecified atom stereocenters. The van der Waals surface area contributed by atoms with E-state index in [0.717, 1.165) is 64.5 Å². The number of nitrogen functional groups attached to an aromatic ring is 1. The summed E-state index contributed by atoms with van der Waals surface area (Å²) in [6.45, 7) is 2.59. The molecule has 35 heavy (non-hydrogen) atoms. The molecule has 182 valence electrons. The molecule has 0 spiro atoms. The van der Waals surface area contributed by atoms with Gasteiger partial charge >= 0.3 is 0 Å². The largest absolute Gasteiger partial charge is 0.497 e. The average molecular weight is 473 g/mol. The van der Waals surface area contributed by atoms with Crippen LogP contribution in [0.3, 0.4) is 0 Å². The van der Waals surface area contributed by atoms with Crippen LogP contribution in [0.1, 0.15) is 60.5 Å². The molecule has 1 amide bonds. The number of nitrogens with two attached hydrogens (primary N) is 1. The lowest BCUT2D eigenvalue weighted by Gasteiger charge is -2.07. The number of hydrogen-bond donors (Lipinski definition) is 3. The van der Waals surface area contributed by atoms with Crippen LogP contribution in [-0.4, -0.2) is 28.8 Å². The number of benzene rings is 2. The molecule has 0 saturated heterocycles. The number of aromatic nitrogens is 2. The molecule has 0 aliphatic rings. The predicted molar refractivity (Wildman–Crippen MR) is 140 cm³/mol. The molecule has 4 rings (SSSR count). The smallest absolute Gasteiger partial charge is 0.220 e. The van der Waals surface area contributed by atoms with Gasteiger partial charge in [-0.1, -0.05) is 31.9 Å². The van der Waals surface area contributed by atoms with Crippen molar-refractivity contribution in [3.63, 3.8) is 0 Å². The van der Waals surface area contributed by atoms with E-state index >= 15 is 0 Å². The van der Waals surface area contributed by atoms with Crippen LogP contribution in [-0.2, 0) is 17.8 Å². The number of Topliss-reactive ketones (excluding diaryl/α,β-unsaturated/α-hetero) is 1. The highest BCUT2D eigenvalue weighted by molar-refractivity contribution is 6.10. The lowest BCUT2D eigenvalue weighted by atomic mass is 10.0. The zero-order valence-electron chi connectivity index (χ0n) is 20.3. The molecule has 2 aromatic carbocycles. The molecule has 0 atom stereocenters. The highest BCUT2D eigenvalue weighted by Gasteiger charge is 2.14. The Morgan fingerprint density at radius 2 is 1.83 bits per heavy atom. The second-order valence-electron chi connectivity index (χ2n) is 8.82. The molecule has 7 nitrogen and oxygen atoms in total. The number of aromatic amines is 1. The fourth-order valence-corrected chi connectivity index (χ4v) is 4.22. The second kappa shape index (κ2) is 11.0. The number of nitrogens with zero attached hydrogens (tertiary/aromatic N) is 1. The van der Waals surface area contributed by atoms with Crippen LogP contribution >= 0.6 is 0 Å². The Balaban J connectivity index is 1.41. The topological polar surface area (TPSA) is 110 Å². The van der Waals surface area contributed by atoms with E-state index in [1.807, 2.05) is 36.4 Å². The highest BCUT2D eigenvalue weighted by Crippen LogP contribution is 2.29. The number of carbonyl (C=O) groups excluding carboxylic acids is 2. The zero-order valence-corrected chi connectivity index (χ0v) is 20.3. The maximum absolute atomic E-state index is 12.9. The minimum absolute atomic E-state index is 0.0626. The quantitative estimate of drug-likeness (QED) is 0.202. The molecule has 0 aliphatic heterocycles. The van der Waals surface area contributed by atoms with Crippen molar-refractivity contribution in [2.24, 2.45) is 0 Å². The number of pyridine rings is 1. The number of methoxy groups -OCH3 is 1. The number of fused-ring (bicyclic) bond motifs is 3. The third-order valence-corrected chi connectivity index (χ3v) is 6.30. The first kappa shape index (κ1) is 24.3. The Morgan fingerprint density at radius 3 is 2.57 bits per heavy atom. The Kier molecular flexibility index (Phi) is 7.65. The van der Waals surface area contributed by atoms with Gasteiger partial charge in [0.05, 0.1) is 7.11 Å². The van der Waals surface area contributed by atoms with Gasteiger partial charge in [-0.25, -0.2) is 4.98 Å². The van der Waals surface area contributed by atoms with Crippen molar-refractivity contribution in [1.82, 2.24) is 15.3 Å². The second-order valence-corrected chi connectivity index (χ2v) is 8.82. The number of ether oxygens (including phenoxy) is 1. The molecule has 4 N–H and O–H groups in total. The molecule has 2 aromatic heterocycles. The summed E-state index contributed by atoms with van der Waals surface area (Å²) in [5.41, 5.74) is 10.4. The van der Waals surface area contributed by atoms with Crippen LogP contribution in [0.4, 0.5) is 5.82 Å². The molecule has 0 aliphatic carbocycles. The number of H-pyrrole nitrogens is 1. The lowest BCUT2D eigenvalue weighted by Crippen LogP contribution is -2.23. The SMILES string of the molecule is CCCCCc1cc2c(nc1N)[nH]c1ccc(C(=O)CCC(=O)NCc3ccc(OC)cc3)cc12. The molecule has 0 fully saturated rings. The monoisotopic (exact) mass is 472 g/mol. The van der Waals surface area contributed by atoms with E-state index in [0.29, 0.717) is 17.9 Å². The standard InChI is InChI=1S/C28H32N4O3/c1-3-4-5-6-20-16-23-22-15-19(9-12-24(22)31-28(23)32-27(20)29)25(33)13-14-26(34)30-17-18-7-10-21(35-2)11-8-18/h7-12,15-16H,3-6,13-14,17H2,1-2H3,(H,30,34)(H3,29,31,32). The lowest BCUT2D eigenvalue weighted by molar-refractivity contribution is -0.121. The first-order chi connectivity index (χ1) is 17.0. The number of ketones is 1. The van der Waals surface area contributed by atoms with Gasteiger partial charge in [0.25, 0.3) is 0 Å². The fraction of sp³-hybridized carbons (Fsp3) is 0.321. The van der Waals surface area contributed by atoms with Crippen molar-refractivity contribution >= 4 is 39.4 Å². The van der Waals surface area contributed by atoms with E-state index in [2.05, 4.69) is 28.3 Å². The number of nitrogens with one attached hydrogen (secondary N) is 2. The van der Waals surface area contributed by atoms with Gasteiger partial charge in [0, 0.05) is 41.2 Å². The predicted octanol–water partition coefficient (Wildman–Crippen LogP) is 5.32. The van der Waals surface area contributed by atoms with Crippen LogP contribution < -0.4 is 15.8 Å². The van der Waals surface area contributed by atoms with Crippen molar-refractivity contribution in [3.05, 3.63) is 65.2 Å². The van der Waals surface area contributed by atoms with E-state index in [1.54, 1.807) is 13.2 Å². The molecule has 0 saturated carbocycles. The molecular formula is C28H32N4O3. The summed E-state index contributed by atoms with van der Waals surface area (Å²) in [4.78, 5) is 33.0. The Labute approximate surface area is 205 Å². The van der Waals surface area contributed by atoms with Crippen molar-refractivity contribution in [2.45, 2.75) is 52.0 Å². The van der Waals surface area contributed by atoms with Gasteiger partial charge in [-0.05, 0) is 60.4 Å². The molecule has 0 radical (unpaired) electrons. The Bertz CT molecular complexity index is 1340. The summed E-state index contributed by atoms with van der Waals surface area (Å²) >= 11 is 0. The molecular weight excluding hydrogens is 440 g/mol. The van der Waals surface area contributed by atoms with E-state index in [-0.39, 0.29) is 24.5 Å². The third kappa shape index (κ3) is 5.80. The van der Waals surface area contributed by atoms with E-state index in [4.69, 9.17) is 10.5 Å². The summed E-state index contributed by atoms with van der Waals surface area (Å²) < 4.78 is 5.14. The van der Waals surface area contributed by atoms with Crippen molar-refractivity contribution in [1.29, 1.82) is 0 Å². The number of amides is 1. The average Bonchev–Trinajstić information content (AvgIpc) is 3.22.